The first-order chi connectivity index (χ1) is 12.9. The molecule has 1 N–H and O–H groups in total. The van der Waals surface area contributed by atoms with Crippen LogP contribution in [0.15, 0.2) is 48.5 Å². The third-order valence-electron chi connectivity index (χ3n) is 4.93. The summed E-state index contributed by atoms with van der Waals surface area (Å²) in [6.07, 6.45) is 2.91. The molecule has 4 nitrogen and oxygen atoms in total. The van der Waals surface area contributed by atoms with E-state index in [2.05, 4.69) is 5.32 Å². The second-order valence-corrected chi connectivity index (χ2v) is 9.33. The van der Waals surface area contributed by atoms with Crippen LogP contribution in [0.4, 0.5) is 4.39 Å². The highest BCUT2D eigenvalue weighted by Crippen LogP contribution is 2.23. The van der Waals surface area contributed by atoms with Crippen LogP contribution in [0, 0.1) is 5.82 Å². The fourth-order valence-corrected chi connectivity index (χ4v) is 4.82. The number of carbonyl (C=O) groups is 1. The first-order valence-corrected chi connectivity index (χ1v) is 11.1. The average molecular weight is 389 g/mol. The Morgan fingerprint density at radius 3 is 2.37 bits per heavy atom. The van der Waals surface area contributed by atoms with Crippen molar-refractivity contribution in [3.8, 4) is 11.1 Å². The zero-order chi connectivity index (χ0) is 19.3. The molecule has 0 aliphatic carbocycles. The molecule has 144 valence electrons. The first kappa shape index (κ1) is 19.5. The summed E-state index contributed by atoms with van der Waals surface area (Å²) in [5, 5.41) is 2.93. The summed E-state index contributed by atoms with van der Waals surface area (Å²) in [7, 11) is -2.91. The van der Waals surface area contributed by atoms with E-state index in [-0.39, 0.29) is 29.3 Å². The van der Waals surface area contributed by atoms with Gasteiger partial charge in [-0.05, 0) is 42.9 Å². The minimum atomic E-state index is -2.91. The van der Waals surface area contributed by atoms with E-state index < -0.39 is 9.84 Å². The summed E-state index contributed by atoms with van der Waals surface area (Å²) >= 11 is 0. The van der Waals surface area contributed by atoms with E-state index in [4.69, 9.17) is 0 Å². The molecular weight excluding hydrogens is 365 g/mol. The van der Waals surface area contributed by atoms with Crippen molar-refractivity contribution >= 4 is 15.7 Å². The highest BCUT2D eigenvalue weighted by atomic mass is 32.2. The van der Waals surface area contributed by atoms with Gasteiger partial charge in [0.25, 0.3) is 0 Å². The maximum absolute atomic E-state index is 13.8. The maximum Gasteiger partial charge on any atom is 0.220 e. The van der Waals surface area contributed by atoms with Crippen molar-refractivity contribution in [2.24, 2.45) is 0 Å². The molecule has 1 heterocycles. The van der Waals surface area contributed by atoms with Crippen LogP contribution in [0.3, 0.4) is 0 Å². The number of sulfone groups is 1. The number of benzene rings is 2. The molecule has 0 atom stereocenters. The summed E-state index contributed by atoms with van der Waals surface area (Å²) in [6, 6.07) is 14.4. The van der Waals surface area contributed by atoms with Crippen molar-refractivity contribution in [3.63, 3.8) is 0 Å². The smallest absolute Gasteiger partial charge is 0.220 e. The molecule has 0 spiro atoms. The average Bonchev–Trinajstić information content (AvgIpc) is 2.65. The van der Waals surface area contributed by atoms with Crippen LogP contribution in [0.25, 0.3) is 11.1 Å². The standard InChI is InChI=1S/C21H24FNO3S/c22-20-6-2-1-5-19(20)17-10-8-16(9-11-17)4-3-7-21(24)23-18-12-14-27(25,26)15-13-18/h1-2,5-6,8-11,18H,3-4,7,12-15H2,(H,23,24). The van der Waals surface area contributed by atoms with Crippen molar-refractivity contribution in [1.82, 2.24) is 5.32 Å². The van der Waals surface area contributed by atoms with Gasteiger partial charge in [0.2, 0.25) is 5.91 Å². The second-order valence-electron chi connectivity index (χ2n) is 7.02. The molecule has 0 bridgehead atoms. The van der Waals surface area contributed by atoms with Crippen molar-refractivity contribution in [3.05, 3.63) is 59.9 Å². The molecule has 1 saturated heterocycles. The predicted octanol–water partition coefficient (Wildman–Crippen LogP) is 3.51. The fourth-order valence-electron chi connectivity index (χ4n) is 3.33. The van der Waals surface area contributed by atoms with Crippen molar-refractivity contribution < 1.29 is 17.6 Å². The van der Waals surface area contributed by atoms with Gasteiger partial charge in [-0.1, -0.05) is 42.5 Å². The maximum atomic E-state index is 13.8. The topological polar surface area (TPSA) is 63.2 Å². The van der Waals surface area contributed by atoms with Gasteiger partial charge in [-0.25, -0.2) is 12.8 Å². The number of carbonyl (C=O) groups excluding carboxylic acids is 1. The highest BCUT2D eigenvalue weighted by Gasteiger charge is 2.24. The van der Waals surface area contributed by atoms with Crippen molar-refractivity contribution in [2.75, 3.05) is 11.5 Å². The van der Waals surface area contributed by atoms with Crippen LogP contribution in [-0.4, -0.2) is 31.9 Å². The zero-order valence-corrected chi connectivity index (χ0v) is 16.0. The van der Waals surface area contributed by atoms with Crippen LogP contribution in [0.2, 0.25) is 0 Å². The van der Waals surface area contributed by atoms with Gasteiger partial charge in [-0.15, -0.1) is 0 Å². The van der Waals surface area contributed by atoms with Gasteiger partial charge in [0.15, 0.2) is 0 Å². The van der Waals surface area contributed by atoms with E-state index in [1.54, 1.807) is 12.1 Å². The van der Waals surface area contributed by atoms with Crippen LogP contribution in [0.5, 0.6) is 0 Å². The summed E-state index contributed by atoms with van der Waals surface area (Å²) in [5.41, 5.74) is 2.52. The van der Waals surface area contributed by atoms with E-state index in [9.17, 15) is 17.6 Å². The van der Waals surface area contributed by atoms with E-state index in [1.807, 2.05) is 30.3 Å². The lowest BCUT2D eigenvalue weighted by molar-refractivity contribution is -0.121. The monoisotopic (exact) mass is 389 g/mol. The summed E-state index contributed by atoms with van der Waals surface area (Å²) in [5.74, 6) is 0.0539. The molecule has 2 aromatic carbocycles. The Hall–Kier alpha value is -2.21. The van der Waals surface area contributed by atoms with Gasteiger partial charge >= 0.3 is 0 Å². The van der Waals surface area contributed by atoms with Crippen molar-refractivity contribution in [1.29, 1.82) is 0 Å². The van der Waals surface area contributed by atoms with Crippen LogP contribution in [0.1, 0.15) is 31.2 Å². The molecular formula is C21H24FNO3S. The van der Waals surface area contributed by atoms with Crippen LogP contribution in [-0.2, 0) is 21.1 Å². The number of nitrogens with one attached hydrogen (secondary N) is 1. The van der Waals surface area contributed by atoms with Crippen LogP contribution < -0.4 is 5.32 Å². The summed E-state index contributed by atoms with van der Waals surface area (Å²) in [6.45, 7) is 0. The van der Waals surface area contributed by atoms with Crippen LogP contribution >= 0.6 is 0 Å². The van der Waals surface area contributed by atoms with E-state index in [1.165, 1.54) is 6.07 Å². The third kappa shape index (κ3) is 5.63. The SMILES string of the molecule is O=C(CCCc1ccc(-c2ccccc2F)cc1)NC1CCS(=O)(=O)CC1. The molecule has 0 radical (unpaired) electrons. The molecule has 6 heteroatoms. The third-order valence-corrected chi connectivity index (χ3v) is 6.64. The Bertz CT molecular complexity index is 880. The molecule has 0 aromatic heterocycles. The predicted molar refractivity (Wildman–Crippen MR) is 105 cm³/mol. The Morgan fingerprint density at radius 2 is 1.70 bits per heavy atom. The van der Waals surface area contributed by atoms with Gasteiger partial charge in [-0.3, -0.25) is 4.79 Å². The summed E-state index contributed by atoms with van der Waals surface area (Å²) in [4.78, 5) is 12.0. The molecule has 1 aliphatic rings. The molecule has 1 amide bonds. The lowest BCUT2D eigenvalue weighted by Gasteiger charge is -2.23. The highest BCUT2D eigenvalue weighted by molar-refractivity contribution is 7.91. The Labute approximate surface area is 159 Å². The quantitative estimate of drug-likeness (QED) is 0.822. The lowest BCUT2D eigenvalue weighted by Crippen LogP contribution is -2.40. The first-order valence-electron chi connectivity index (χ1n) is 9.26. The molecule has 2 aromatic rings. The molecule has 1 aliphatic heterocycles. The van der Waals surface area contributed by atoms with Gasteiger partial charge in [0.05, 0.1) is 11.5 Å². The number of hydrogen-bond acceptors (Lipinski definition) is 3. The Kier molecular flexibility index (Phi) is 6.26. The van der Waals surface area contributed by atoms with Gasteiger partial charge in [-0.2, -0.15) is 0 Å². The molecule has 0 unspecified atom stereocenters. The van der Waals surface area contributed by atoms with Gasteiger partial charge in [0.1, 0.15) is 15.7 Å². The zero-order valence-electron chi connectivity index (χ0n) is 15.2. The number of aryl methyl sites for hydroxylation is 1. The van der Waals surface area contributed by atoms with Gasteiger partial charge < -0.3 is 5.32 Å². The largest absolute Gasteiger partial charge is 0.353 e. The summed E-state index contributed by atoms with van der Waals surface area (Å²) < 4.78 is 36.6. The molecule has 0 saturated carbocycles. The fraction of sp³-hybridized carbons (Fsp3) is 0.381. The second kappa shape index (κ2) is 8.65. The normalized spacial score (nSPS) is 16.8. The minimum Gasteiger partial charge on any atom is -0.353 e. The van der Waals surface area contributed by atoms with E-state index in [0.29, 0.717) is 24.8 Å². The molecule has 3 rings (SSSR count). The lowest BCUT2D eigenvalue weighted by atomic mass is 10.0. The number of hydrogen-bond donors (Lipinski definition) is 1. The molecule has 27 heavy (non-hydrogen) atoms. The number of rotatable bonds is 6. The Morgan fingerprint density at radius 1 is 1.04 bits per heavy atom. The molecule has 1 fully saturated rings. The van der Waals surface area contributed by atoms with Gasteiger partial charge in [0, 0.05) is 18.0 Å². The van der Waals surface area contributed by atoms with Crippen molar-refractivity contribution in [2.45, 2.75) is 38.1 Å². The van der Waals surface area contributed by atoms with E-state index >= 15 is 0 Å². The van der Waals surface area contributed by atoms with E-state index in [0.717, 1.165) is 24.0 Å². The minimum absolute atomic E-state index is 0.0257. The number of amides is 1. The Balaban J connectivity index is 1.44. The number of halogens is 1.